The Labute approximate surface area is 115 Å². The Bertz CT molecular complexity index is 319. The van der Waals surface area contributed by atoms with E-state index in [4.69, 9.17) is 0 Å². The van der Waals surface area contributed by atoms with Crippen LogP contribution in [0.15, 0.2) is 0 Å². The fourth-order valence-corrected chi connectivity index (χ4v) is 2.97. The van der Waals surface area contributed by atoms with E-state index in [0.717, 1.165) is 45.4 Å². The lowest BCUT2D eigenvalue weighted by atomic mass is 9.95. The van der Waals surface area contributed by atoms with Crippen LogP contribution < -0.4 is 10.6 Å². The number of likely N-dealkylation sites (tertiary alicyclic amines) is 1. The Morgan fingerprint density at radius 2 is 2.00 bits per heavy atom. The molecule has 108 valence electrons. The van der Waals surface area contributed by atoms with Gasteiger partial charge in [0.1, 0.15) is 0 Å². The van der Waals surface area contributed by atoms with Crippen molar-refractivity contribution in [2.24, 2.45) is 11.8 Å². The zero-order valence-corrected chi connectivity index (χ0v) is 11.8. The first-order chi connectivity index (χ1) is 9.20. The fourth-order valence-electron chi connectivity index (χ4n) is 2.97. The van der Waals surface area contributed by atoms with Crippen LogP contribution in [0, 0.1) is 11.8 Å². The number of amides is 2. The minimum absolute atomic E-state index is 0.0946. The van der Waals surface area contributed by atoms with Crippen molar-refractivity contribution in [3.8, 4) is 0 Å². The van der Waals surface area contributed by atoms with Gasteiger partial charge in [-0.15, -0.1) is 0 Å². The Balaban J connectivity index is 1.72. The maximum atomic E-state index is 12.2. The molecule has 5 heteroatoms. The molecule has 19 heavy (non-hydrogen) atoms. The highest BCUT2D eigenvalue weighted by Gasteiger charge is 2.28. The third-order valence-electron chi connectivity index (χ3n) is 4.20. The second kappa shape index (κ2) is 6.89. The Hall–Kier alpha value is -1.10. The third kappa shape index (κ3) is 3.93. The van der Waals surface area contributed by atoms with Crippen molar-refractivity contribution in [2.45, 2.75) is 32.6 Å². The van der Waals surface area contributed by atoms with E-state index in [0.29, 0.717) is 18.9 Å². The van der Waals surface area contributed by atoms with Crippen LogP contribution in [-0.2, 0) is 9.59 Å². The zero-order chi connectivity index (χ0) is 13.7. The van der Waals surface area contributed by atoms with Gasteiger partial charge in [0.05, 0.1) is 0 Å². The molecule has 0 bridgehead atoms. The van der Waals surface area contributed by atoms with Gasteiger partial charge in [0, 0.05) is 32.0 Å². The van der Waals surface area contributed by atoms with E-state index in [9.17, 15) is 9.59 Å². The standard InChI is InChI=1S/C14H25N3O2/c1-2-16-14(19)12-4-7-17(8-5-12)13(18)9-11-3-6-15-10-11/h11-12,15H,2-10H2,1H3,(H,16,19). The smallest absolute Gasteiger partial charge is 0.223 e. The molecule has 2 saturated heterocycles. The van der Waals surface area contributed by atoms with Crippen molar-refractivity contribution in [3.63, 3.8) is 0 Å². The topological polar surface area (TPSA) is 61.4 Å². The molecular weight excluding hydrogens is 242 g/mol. The molecule has 0 aromatic carbocycles. The van der Waals surface area contributed by atoms with Crippen molar-refractivity contribution in [1.82, 2.24) is 15.5 Å². The first-order valence-corrected chi connectivity index (χ1v) is 7.47. The number of carbonyl (C=O) groups excluding carboxylic acids is 2. The lowest BCUT2D eigenvalue weighted by Crippen LogP contribution is -2.43. The highest BCUT2D eigenvalue weighted by atomic mass is 16.2. The molecule has 0 aromatic heterocycles. The molecule has 0 spiro atoms. The molecule has 5 nitrogen and oxygen atoms in total. The van der Waals surface area contributed by atoms with Gasteiger partial charge in [0.25, 0.3) is 0 Å². The number of hydrogen-bond acceptors (Lipinski definition) is 3. The molecule has 2 amide bonds. The van der Waals surface area contributed by atoms with E-state index < -0.39 is 0 Å². The molecule has 2 rings (SSSR count). The van der Waals surface area contributed by atoms with E-state index in [-0.39, 0.29) is 17.7 Å². The first-order valence-electron chi connectivity index (χ1n) is 7.47. The van der Waals surface area contributed by atoms with E-state index in [2.05, 4.69) is 10.6 Å². The molecule has 0 aromatic rings. The predicted octanol–water partition coefficient (Wildman–Crippen LogP) is 0.361. The molecule has 1 atom stereocenters. The maximum absolute atomic E-state index is 12.2. The van der Waals surface area contributed by atoms with Crippen molar-refractivity contribution in [2.75, 3.05) is 32.7 Å². The summed E-state index contributed by atoms with van der Waals surface area (Å²) in [6.45, 7) is 6.11. The summed E-state index contributed by atoms with van der Waals surface area (Å²) >= 11 is 0. The van der Waals surface area contributed by atoms with Crippen LogP contribution in [0.1, 0.15) is 32.6 Å². The lowest BCUT2D eigenvalue weighted by molar-refractivity contribution is -0.136. The number of hydrogen-bond donors (Lipinski definition) is 2. The summed E-state index contributed by atoms with van der Waals surface area (Å²) in [5.74, 6) is 1.02. The monoisotopic (exact) mass is 267 g/mol. The average Bonchev–Trinajstić information content (AvgIpc) is 2.92. The maximum Gasteiger partial charge on any atom is 0.223 e. The van der Waals surface area contributed by atoms with Crippen LogP contribution in [0.4, 0.5) is 0 Å². The SMILES string of the molecule is CCNC(=O)C1CCN(C(=O)CC2CCNC2)CC1. The number of piperidine rings is 1. The summed E-state index contributed by atoms with van der Waals surface area (Å²) < 4.78 is 0. The molecule has 0 aliphatic carbocycles. The van der Waals surface area contributed by atoms with Gasteiger partial charge < -0.3 is 15.5 Å². The van der Waals surface area contributed by atoms with Gasteiger partial charge in [-0.25, -0.2) is 0 Å². The van der Waals surface area contributed by atoms with E-state index in [1.165, 1.54) is 0 Å². The largest absolute Gasteiger partial charge is 0.356 e. The number of nitrogens with zero attached hydrogens (tertiary/aromatic N) is 1. The normalized spacial score (nSPS) is 24.5. The van der Waals surface area contributed by atoms with Crippen LogP contribution in [0.3, 0.4) is 0 Å². The number of nitrogens with one attached hydrogen (secondary N) is 2. The fraction of sp³-hybridized carbons (Fsp3) is 0.857. The van der Waals surface area contributed by atoms with Gasteiger partial charge in [0.2, 0.25) is 11.8 Å². The molecule has 1 unspecified atom stereocenters. The van der Waals surface area contributed by atoms with Gasteiger partial charge in [-0.2, -0.15) is 0 Å². The van der Waals surface area contributed by atoms with E-state index in [1.807, 2.05) is 11.8 Å². The quantitative estimate of drug-likeness (QED) is 0.773. The lowest BCUT2D eigenvalue weighted by Gasteiger charge is -2.32. The van der Waals surface area contributed by atoms with Crippen LogP contribution in [-0.4, -0.2) is 49.4 Å². The average molecular weight is 267 g/mol. The second-order valence-corrected chi connectivity index (χ2v) is 5.61. The highest BCUT2D eigenvalue weighted by molar-refractivity contribution is 5.80. The van der Waals surface area contributed by atoms with Crippen molar-refractivity contribution >= 4 is 11.8 Å². The Kier molecular flexibility index (Phi) is 5.19. The molecule has 2 N–H and O–H groups in total. The van der Waals surface area contributed by atoms with Crippen LogP contribution in [0.5, 0.6) is 0 Å². The van der Waals surface area contributed by atoms with E-state index in [1.54, 1.807) is 0 Å². The van der Waals surface area contributed by atoms with E-state index >= 15 is 0 Å². The molecule has 0 radical (unpaired) electrons. The van der Waals surface area contributed by atoms with Crippen LogP contribution in [0.2, 0.25) is 0 Å². The van der Waals surface area contributed by atoms with Crippen LogP contribution in [0.25, 0.3) is 0 Å². The molecule has 2 fully saturated rings. The summed E-state index contributed by atoms with van der Waals surface area (Å²) in [5, 5.41) is 6.16. The van der Waals surface area contributed by atoms with Gasteiger partial charge in [-0.1, -0.05) is 0 Å². The molecule has 2 aliphatic heterocycles. The van der Waals surface area contributed by atoms with Crippen molar-refractivity contribution in [1.29, 1.82) is 0 Å². The summed E-state index contributed by atoms with van der Waals surface area (Å²) in [7, 11) is 0. The minimum Gasteiger partial charge on any atom is -0.356 e. The summed E-state index contributed by atoms with van der Waals surface area (Å²) in [6.07, 6.45) is 3.39. The first kappa shape index (κ1) is 14.3. The van der Waals surface area contributed by atoms with Crippen molar-refractivity contribution in [3.05, 3.63) is 0 Å². The zero-order valence-electron chi connectivity index (χ0n) is 11.8. The predicted molar refractivity (Wildman–Crippen MR) is 73.6 cm³/mol. The summed E-state index contributed by atoms with van der Waals surface area (Å²) in [5.41, 5.74) is 0. The summed E-state index contributed by atoms with van der Waals surface area (Å²) in [6, 6.07) is 0. The molecular formula is C14H25N3O2. The molecule has 2 aliphatic rings. The number of carbonyl (C=O) groups is 2. The van der Waals surface area contributed by atoms with Gasteiger partial charge in [-0.05, 0) is 45.2 Å². The minimum atomic E-state index is 0.0946. The van der Waals surface area contributed by atoms with Gasteiger partial charge in [0.15, 0.2) is 0 Å². The van der Waals surface area contributed by atoms with Gasteiger partial charge in [-0.3, -0.25) is 9.59 Å². The molecule has 2 heterocycles. The Morgan fingerprint density at radius 3 is 2.58 bits per heavy atom. The Morgan fingerprint density at radius 1 is 1.26 bits per heavy atom. The van der Waals surface area contributed by atoms with Gasteiger partial charge >= 0.3 is 0 Å². The summed E-state index contributed by atoms with van der Waals surface area (Å²) in [4.78, 5) is 25.8. The number of rotatable bonds is 4. The third-order valence-corrected chi connectivity index (χ3v) is 4.20. The highest BCUT2D eigenvalue weighted by Crippen LogP contribution is 2.20. The van der Waals surface area contributed by atoms with Crippen molar-refractivity contribution < 1.29 is 9.59 Å². The van der Waals surface area contributed by atoms with Crippen LogP contribution >= 0.6 is 0 Å². The second-order valence-electron chi connectivity index (χ2n) is 5.61. The molecule has 0 saturated carbocycles.